The third-order valence-corrected chi connectivity index (χ3v) is 4.24. The highest BCUT2D eigenvalue weighted by atomic mass is 79.9. The van der Waals surface area contributed by atoms with Gasteiger partial charge in [-0.1, -0.05) is 28.1 Å². The van der Waals surface area contributed by atoms with Crippen LogP contribution in [0.3, 0.4) is 0 Å². The number of rotatable bonds is 6. The average molecular weight is 411 g/mol. The molecule has 0 radical (unpaired) electrons. The second-order valence-corrected chi connectivity index (χ2v) is 6.27. The summed E-state index contributed by atoms with van der Waals surface area (Å²) in [4.78, 5) is 28.3. The van der Waals surface area contributed by atoms with Crippen molar-refractivity contribution in [3.05, 3.63) is 88.7 Å². The Balaban J connectivity index is 1.59. The molecule has 3 rings (SSSR count). The lowest BCUT2D eigenvalue weighted by atomic mass is 10.0. The number of pyridine rings is 1. The SMILES string of the molecule is O=C(COc1ccc(C(=O)c2ccccc2Br)cc1)Nc1cccnc1. The van der Waals surface area contributed by atoms with Crippen molar-refractivity contribution in [1.82, 2.24) is 4.98 Å². The molecule has 0 aliphatic heterocycles. The molecule has 0 fully saturated rings. The minimum absolute atomic E-state index is 0.0849. The van der Waals surface area contributed by atoms with Crippen molar-refractivity contribution in [2.24, 2.45) is 0 Å². The Bertz CT molecular complexity index is 912. The Labute approximate surface area is 159 Å². The first kappa shape index (κ1) is 17.8. The van der Waals surface area contributed by atoms with Gasteiger partial charge < -0.3 is 10.1 Å². The van der Waals surface area contributed by atoms with Crippen molar-refractivity contribution in [2.75, 3.05) is 11.9 Å². The smallest absolute Gasteiger partial charge is 0.262 e. The van der Waals surface area contributed by atoms with Gasteiger partial charge in [0.15, 0.2) is 12.4 Å². The first-order chi connectivity index (χ1) is 12.6. The average Bonchev–Trinajstić information content (AvgIpc) is 2.67. The van der Waals surface area contributed by atoms with Crippen LogP contribution in [-0.2, 0) is 4.79 Å². The number of anilines is 1. The normalized spacial score (nSPS) is 10.2. The van der Waals surface area contributed by atoms with E-state index >= 15 is 0 Å². The second-order valence-electron chi connectivity index (χ2n) is 5.41. The second kappa shape index (κ2) is 8.40. The predicted octanol–water partition coefficient (Wildman–Crippen LogP) is 4.09. The Morgan fingerprint density at radius 3 is 2.46 bits per heavy atom. The van der Waals surface area contributed by atoms with Gasteiger partial charge in [-0.3, -0.25) is 14.6 Å². The molecular weight excluding hydrogens is 396 g/mol. The Morgan fingerprint density at radius 2 is 1.77 bits per heavy atom. The summed E-state index contributed by atoms with van der Waals surface area (Å²) >= 11 is 3.38. The molecule has 0 atom stereocenters. The van der Waals surface area contributed by atoms with Gasteiger partial charge in [0.2, 0.25) is 0 Å². The Hall–Kier alpha value is -2.99. The highest BCUT2D eigenvalue weighted by Crippen LogP contribution is 2.21. The van der Waals surface area contributed by atoms with E-state index in [0.29, 0.717) is 22.6 Å². The van der Waals surface area contributed by atoms with Crippen LogP contribution < -0.4 is 10.1 Å². The fourth-order valence-corrected chi connectivity index (χ4v) is 2.75. The van der Waals surface area contributed by atoms with Crippen LogP contribution in [0.5, 0.6) is 5.75 Å². The van der Waals surface area contributed by atoms with Gasteiger partial charge in [-0.15, -0.1) is 0 Å². The molecule has 1 N–H and O–H groups in total. The fourth-order valence-electron chi connectivity index (χ4n) is 2.29. The van der Waals surface area contributed by atoms with Crippen molar-refractivity contribution >= 4 is 33.3 Å². The molecule has 6 heteroatoms. The van der Waals surface area contributed by atoms with Crippen molar-refractivity contribution in [3.63, 3.8) is 0 Å². The summed E-state index contributed by atoms with van der Waals surface area (Å²) in [6.45, 7) is -0.133. The number of nitrogens with one attached hydrogen (secondary N) is 1. The Morgan fingerprint density at radius 1 is 1.00 bits per heavy atom. The summed E-state index contributed by atoms with van der Waals surface area (Å²) < 4.78 is 6.20. The lowest BCUT2D eigenvalue weighted by molar-refractivity contribution is -0.118. The third-order valence-electron chi connectivity index (χ3n) is 3.55. The van der Waals surface area contributed by atoms with Crippen LogP contribution in [0.2, 0.25) is 0 Å². The number of aromatic nitrogens is 1. The van der Waals surface area contributed by atoms with Gasteiger partial charge in [0.25, 0.3) is 5.91 Å². The van der Waals surface area contributed by atoms with E-state index in [9.17, 15) is 9.59 Å². The number of ketones is 1. The zero-order valence-electron chi connectivity index (χ0n) is 13.7. The number of amides is 1. The van der Waals surface area contributed by atoms with Crippen LogP contribution in [0.1, 0.15) is 15.9 Å². The molecule has 0 bridgehead atoms. The summed E-state index contributed by atoms with van der Waals surface area (Å²) in [7, 11) is 0. The number of ether oxygens (including phenoxy) is 1. The summed E-state index contributed by atoms with van der Waals surface area (Å²) in [6.07, 6.45) is 3.18. The zero-order chi connectivity index (χ0) is 18.4. The van der Waals surface area contributed by atoms with E-state index in [-0.39, 0.29) is 18.3 Å². The maximum Gasteiger partial charge on any atom is 0.262 e. The molecule has 3 aromatic rings. The highest BCUT2D eigenvalue weighted by Gasteiger charge is 2.12. The number of hydrogen-bond donors (Lipinski definition) is 1. The van der Waals surface area contributed by atoms with Gasteiger partial charge in [-0.2, -0.15) is 0 Å². The zero-order valence-corrected chi connectivity index (χ0v) is 15.3. The van der Waals surface area contributed by atoms with E-state index in [4.69, 9.17) is 4.74 Å². The number of nitrogens with zero attached hydrogens (tertiary/aromatic N) is 1. The van der Waals surface area contributed by atoms with Crippen LogP contribution in [0.25, 0.3) is 0 Å². The summed E-state index contributed by atoms with van der Waals surface area (Å²) in [5.41, 5.74) is 1.75. The molecule has 2 aromatic carbocycles. The van der Waals surface area contributed by atoms with Crippen LogP contribution in [0.4, 0.5) is 5.69 Å². The Kier molecular flexibility index (Phi) is 5.76. The van der Waals surface area contributed by atoms with Gasteiger partial charge in [0.05, 0.1) is 11.9 Å². The first-order valence-electron chi connectivity index (χ1n) is 7.85. The molecule has 0 spiro atoms. The number of benzene rings is 2. The molecule has 0 unspecified atom stereocenters. The monoisotopic (exact) mass is 410 g/mol. The van der Waals surface area contributed by atoms with Crippen molar-refractivity contribution in [1.29, 1.82) is 0 Å². The van der Waals surface area contributed by atoms with E-state index < -0.39 is 0 Å². The molecule has 0 aliphatic rings. The number of carbonyl (C=O) groups is 2. The standard InChI is InChI=1S/C20H15BrN2O3/c21-18-6-2-1-5-17(18)20(25)14-7-9-16(10-8-14)26-13-19(24)23-15-4-3-11-22-12-15/h1-12H,13H2,(H,23,24). The molecular formula is C20H15BrN2O3. The minimum atomic E-state index is -0.286. The van der Waals surface area contributed by atoms with Gasteiger partial charge in [-0.05, 0) is 48.5 Å². The quantitative estimate of drug-likeness (QED) is 0.621. The molecule has 130 valence electrons. The molecule has 1 aromatic heterocycles. The van der Waals surface area contributed by atoms with Gasteiger partial charge in [0, 0.05) is 21.8 Å². The molecule has 26 heavy (non-hydrogen) atoms. The van der Waals surface area contributed by atoms with Crippen LogP contribution in [0, 0.1) is 0 Å². The lowest BCUT2D eigenvalue weighted by Gasteiger charge is -2.08. The first-order valence-corrected chi connectivity index (χ1v) is 8.65. The highest BCUT2D eigenvalue weighted by molar-refractivity contribution is 9.10. The maximum atomic E-state index is 12.5. The molecule has 1 heterocycles. The van der Waals surface area contributed by atoms with Crippen LogP contribution in [-0.4, -0.2) is 23.3 Å². The molecule has 0 saturated carbocycles. The topological polar surface area (TPSA) is 68.3 Å². The molecule has 1 amide bonds. The van der Waals surface area contributed by atoms with E-state index in [1.807, 2.05) is 18.2 Å². The molecule has 0 aliphatic carbocycles. The fraction of sp³-hybridized carbons (Fsp3) is 0.0500. The number of carbonyl (C=O) groups excluding carboxylic acids is 2. The van der Waals surface area contributed by atoms with Crippen molar-refractivity contribution < 1.29 is 14.3 Å². The largest absolute Gasteiger partial charge is 0.484 e. The van der Waals surface area contributed by atoms with E-state index in [0.717, 1.165) is 4.47 Å². The lowest BCUT2D eigenvalue weighted by Crippen LogP contribution is -2.20. The van der Waals surface area contributed by atoms with Gasteiger partial charge in [0.1, 0.15) is 5.75 Å². The van der Waals surface area contributed by atoms with Gasteiger partial charge in [-0.25, -0.2) is 0 Å². The third kappa shape index (κ3) is 4.55. The van der Waals surface area contributed by atoms with Crippen molar-refractivity contribution in [3.8, 4) is 5.75 Å². The predicted molar refractivity (Wildman–Crippen MR) is 102 cm³/mol. The minimum Gasteiger partial charge on any atom is -0.484 e. The van der Waals surface area contributed by atoms with Crippen LogP contribution in [0.15, 0.2) is 77.5 Å². The number of halogens is 1. The molecule has 5 nitrogen and oxygen atoms in total. The van der Waals surface area contributed by atoms with Gasteiger partial charge >= 0.3 is 0 Å². The van der Waals surface area contributed by atoms with E-state index in [1.54, 1.807) is 54.9 Å². The summed E-state index contributed by atoms with van der Waals surface area (Å²) in [5.74, 6) is 0.139. The van der Waals surface area contributed by atoms with Crippen molar-refractivity contribution in [2.45, 2.75) is 0 Å². The summed E-state index contributed by atoms with van der Waals surface area (Å²) in [6, 6.07) is 17.4. The summed E-state index contributed by atoms with van der Waals surface area (Å²) in [5, 5.41) is 2.68. The van der Waals surface area contributed by atoms with Crippen LogP contribution >= 0.6 is 15.9 Å². The van der Waals surface area contributed by atoms with E-state index in [1.165, 1.54) is 0 Å². The number of hydrogen-bond acceptors (Lipinski definition) is 4. The van der Waals surface area contributed by atoms with E-state index in [2.05, 4.69) is 26.2 Å². The molecule has 0 saturated heterocycles. The maximum absolute atomic E-state index is 12.5.